The molecule has 0 fully saturated rings. The number of alkyl halides is 2. The smallest absolute Gasteiger partial charge is 0.387 e. The monoisotopic (exact) mass is 365 g/mol. The van der Waals surface area contributed by atoms with Crippen molar-refractivity contribution < 1.29 is 13.5 Å². The van der Waals surface area contributed by atoms with Gasteiger partial charge in [0.25, 0.3) is 0 Å². The van der Waals surface area contributed by atoms with Gasteiger partial charge in [0.05, 0.1) is 5.52 Å². The first kappa shape index (κ1) is 14.8. The van der Waals surface area contributed by atoms with Gasteiger partial charge in [0.15, 0.2) is 0 Å². The highest BCUT2D eigenvalue weighted by Gasteiger charge is 2.18. The summed E-state index contributed by atoms with van der Waals surface area (Å²) in [5.41, 5.74) is 1.89. The Morgan fingerprint density at radius 3 is 2.59 bits per heavy atom. The Morgan fingerprint density at radius 2 is 1.86 bits per heavy atom. The van der Waals surface area contributed by atoms with Crippen molar-refractivity contribution in [3.8, 4) is 5.75 Å². The maximum atomic E-state index is 12.8. The van der Waals surface area contributed by atoms with Gasteiger partial charge in [-0.05, 0) is 33.6 Å². The Morgan fingerprint density at radius 1 is 1.14 bits per heavy atom. The Bertz CT molecular complexity index is 799. The fourth-order valence-electron chi connectivity index (χ4n) is 2.19. The minimum Gasteiger partial charge on any atom is -0.434 e. The van der Waals surface area contributed by atoms with E-state index in [0.717, 1.165) is 5.56 Å². The lowest BCUT2D eigenvalue weighted by atomic mass is 10.1. The minimum atomic E-state index is -2.91. The number of para-hydroxylation sites is 1. The van der Waals surface area contributed by atoms with Crippen LogP contribution in [-0.4, -0.2) is 21.6 Å². The molecular formula is C15H10BrF2N3O. The van der Waals surface area contributed by atoms with E-state index in [9.17, 15) is 8.78 Å². The first-order valence-corrected chi connectivity index (χ1v) is 7.20. The molecule has 2 heterocycles. The lowest BCUT2D eigenvalue weighted by molar-refractivity contribution is -0.0494. The maximum Gasteiger partial charge on any atom is 0.387 e. The van der Waals surface area contributed by atoms with Gasteiger partial charge in [-0.25, -0.2) is 15.0 Å². The summed E-state index contributed by atoms with van der Waals surface area (Å²) in [6, 6.07) is 7.00. The molecule has 0 aliphatic rings. The van der Waals surface area contributed by atoms with Gasteiger partial charge in [0, 0.05) is 29.8 Å². The van der Waals surface area contributed by atoms with Gasteiger partial charge in [0.1, 0.15) is 16.7 Å². The normalized spacial score (nSPS) is 11.1. The van der Waals surface area contributed by atoms with Crippen molar-refractivity contribution in [2.45, 2.75) is 13.0 Å². The molecule has 0 bridgehead atoms. The molecule has 4 nitrogen and oxygen atoms in total. The summed E-state index contributed by atoms with van der Waals surface area (Å²) < 4.78 is 30.9. The standard InChI is InChI=1S/C15H10BrF2N3O/c16-14-11(5-9-6-19-8-20-7-9)13(22-15(17)18)10-3-1-2-4-12(10)21-14/h1-4,6-8,15H,5H2. The number of fused-ring (bicyclic) bond motifs is 1. The van der Waals surface area contributed by atoms with Crippen molar-refractivity contribution in [2.75, 3.05) is 0 Å². The maximum absolute atomic E-state index is 12.8. The van der Waals surface area contributed by atoms with Crippen molar-refractivity contribution in [2.24, 2.45) is 0 Å². The number of ether oxygens (including phenoxy) is 1. The van der Waals surface area contributed by atoms with Crippen LogP contribution in [0.3, 0.4) is 0 Å². The number of rotatable bonds is 4. The van der Waals surface area contributed by atoms with Crippen LogP contribution in [0.25, 0.3) is 10.9 Å². The second-order valence-electron chi connectivity index (χ2n) is 4.53. The van der Waals surface area contributed by atoms with Crippen LogP contribution in [0.1, 0.15) is 11.1 Å². The first-order valence-electron chi connectivity index (χ1n) is 6.41. The zero-order valence-corrected chi connectivity index (χ0v) is 12.8. The number of nitrogens with zero attached hydrogens (tertiary/aromatic N) is 3. The number of pyridine rings is 1. The molecule has 112 valence electrons. The molecule has 0 N–H and O–H groups in total. The van der Waals surface area contributed by atoms with Gasteiger partial charge >= 0.3 is 6.61 Å². The lowest BCUT2D eigenvalue weighted by Crippen LogP contribution is -2.07. The van der Waals surface area contributed by atoms with Crippen LogP contribution in [0.2, 0.25) is 0 Å². The Kier molecular flexibility index (Phi) is 4.24. The highest BCUT2D eigenvalue weighted by molar-refractivity contribution is 9.10. The third-order valence-electron chi connectivity index (χ3n) is 3.09. The molecule has 0 radical (unpaired) electrons. The van der Waals surface area contributed by atoms with E-state index in [1.165, 1.54) is 6.33 Å². The summed E-state index contributed by atoms with van der Waals surface area (Å²) in [5.74, 6) is 0.122. The Balaban J connectivity index is 2.16. The summed E-state index contributed by atoms with van der Waals surface area (Å²) in [7, 11) is 0. The topological polar surface area (TPSA) is 47.9 Å². The zero-order valence-electron chi connectivity index (χ0n) is 11.2. The molecule has 0 unspecified atom stereocenters. The molecule has 22 heavy (non-hydrogen) atoms. The predicted octanol–water partition coefficient (Wildman–Crippen LogP) is 3.98. The minimum absolute atomic E-state index is 0.122. The number of hydrogen-bond acceptors (Lipinski definition) is 4. The Hall–Kier alpha value is -2.15. The molecule has 0 spiro atoms. The van der Waals surface area contributed by atoms with Crippen LogP contribution >= 0.6 is 15.9 Å². The SMILES string of the molecule is FC(F)Oc1c(Cc2cncnc2)c(Br)nc2ccccc12. The number of halogens is 3. The van der Waals surface area contributed by atoms with E-state index in [1.54, 1.807) is 36.7 Å². The van der Waals surface area contributed by atoms with Crippen LogP contribution in [0.15, 0.2) is 47.6 Å². The number of hydrogen-bond donors (Lipinski definition) is 0. The molecular weight excluding hydrogens is 356 g/mol. The molecule has 1 aromatic carbocycles. The van der Waals surface area contributed by atoms with Gasteiger partial charge in [-0.1, -0.05) is 12.1 Å². The lowest BCUT2D eigenvalue weighted by Gasteiger charge is -2.15. The summed E-state index contributed by atoms with van der Waals surface area (Å²) in [5, 5.41) is 0.540. The van der Waals surface area contributed by atoms with Crippen molar-refractivity contribution >= 4 is 26.8 Å². The highest BCUT2D eigenvalue weighted by atomic mass is 79.9. The summed E-state index contributed by atoms with van der Waals surface area (Å²) in [6.07, 6.45) is 5.00. The van der Waals surface area contributed by atoms with Crippen LogP contribution in [0, 0.1) is 0 Å². The van der Waals surface area contributed by atoms with Gasteiger partial charge in [-0.15, -0.1) is 0 Å². The third-order valence-corrected chi connectivity index (χ3v) is 3.75. The molecule has 0 atom stereocenters. The van der Waals surface area contributed by atoms with Crippen LogP contribution in [0.4, 0.5) is 8.78 Å². The quantitative estimate of drug-likeness (QED) is 0.656. The van der Waals surface area contributed by atoms with Crippen LogP contribution < -0.4 is 4.74 Å². The van der Waals surface area contributed by atoms with Crippen molar-refractivity contribution in [1.29, 1.82) is 0 Å². The first-order chi connectivity index (χ1) is 10.6. The fourth-order valence-corrected chi connectivity index (χ4v) is 2.71. The summed E-state index contributed by atoms with van der Waals surface area (Å²) in [4.78, 5) is 12.2. The molecule has 0 saturated carbocycles. The second kappa shape index (κ2) is 6.31. The largest absolute Gasteiger partial charge is 0.434 e. The van der Waals surface area contributed by atoms with Gasteiger partial charge in [-0.3, -0.25) is 0 Å². The van der Waals surface area contributed by atoms with Crippen molar-refractivity contribution in [3.63, 3.8) is 0 Å². The van der Waals surface area contributed by atoms with Crippen LogP contribution in [0.5, 0.6) is 5.75 Å². The number of benzene rings is 1. The molecule has 7 heteroatoms. The fraction of sp³-hybridized carbons (Fsp3) is 0.133. The average Bonchev–Trinajstić information content (AvgIpc) is 2.51. The van der Waals surface area contributed by atoms with E-state index in [2.05, 4.69) is 30.9 Å². The van der Waals surface area contributed by atoms with Gasteiger partial charge in [-0.2, -0.15) is 8.78 Å². The average molecular weight is 366 g/mol. The van der Waals surface area contributed by atoms with E-state index in [-0.39, 0.29) is 5.75 Å². The second-order valence-corrected chi connectivity index (χ2v) is 5.28. The van der Waals surface area contributed by atoms with E-state index < -0.39 is 6.61 Å². The molecule has 3 aromatic rings. The van der Waals surface area contributed by atoms with E-state index >= 15 is 0 Å². The van der Waals surface area contributed by atoms with Crippen molar-refractivity contribution in [1.82, 2.24) is 15.0 Å². The van der Waals surface area contributed by atoms with Gasteiger partial charge < -0.3 is 4.74 Å². The highest BCUT2D eigenvalue weighted by Crippen LogP contribution is 2.35. The third kappa shape index (κ3) is 3.04. The van der Waals surface area contributed by atoms with Crippen molar-refractivity contribution in [3.05, 3.63) is 58.7 Å². The molecule has 0 aliphatic heterocycles. The molecule has 2 aromatic heterocycles. The number of aromatic nitrogens is 3. The molecule has 3 rings (SSSR count). The zero-order chi connectivity index (χ0) is 15.5. The van der Waals surface area contributed by atoms with Crippen LogP contribution in [-0.2, 0) is 6.42 Å². The molecule has 0 aliphatic carbocycles. The Labute approximate surface area is 133 Å². The molecule has 0 amide bonds. The predicted molar refractivity (Wildman–Crippen MR) is 80.9 cm³/mol. The summed E-state index contributed by atoms with van der Waals surface area (Å²) >= 11 is 3.34. The van der Waals surface area contributed by atoms with E-state index in [4.69, 9.17) is 4.74 Å². The molecule has 0 saturated heterocycles. The van der Waals surface area contributed by atoms with E-state index in [1.807, 2.05) is 0 Å². The summed E-state index contributed by atoms with van der Waals surface area (Å²) in [6.45, 7) is -2.91. The van der Waals surface area contributed by atoms with E-state index in [0.29, 0.717) is 27.5 Å². The van der Waals surface area contributed by atoms with Gasteiger partial charge in [0.2, 0.25) is 0 Å².